The Morgan fingerprint density at radius 2 is 1.00 bits per heavy atom. The molecule has 8 heteroatoms. The molecular formula is C8H23N2NaO5. The molecule has 0 rings (SSSR count). The summed E-state index contributed by atoms with van der Waals surface area (Å²) in [5, 5.41) is 33.2. The van der Waals surface area contributed by atoms with Crippen molar-refractivity contribution in [2.75, 3.05) is 52.6 Å². The van der Waals surface area contributed by atoms with Gasteiger partial charge < -0.3 is 31.6 Å². The van der Waals surface area contributed by atoms with E-state index in [1.807, 2.05) is 0 Å². The fourth-order valence-corrected chi connectivity index (χ4v) is 0.760. The van der Waals surface area contributed by atoms with Crippen molar-refractivity contribution in [2.45, 2.75) is 0 Å². The summed E-state index contributed by atoms with van der Waals surface area (Å²) in [7, 11) is 0. The van der Waals surface area contributed by atoms with Gasteiger partial charge >= 0.3 is 29.6 Å². The van der Waals surface area contributed by atoms with Crippen LogP contribution in [0.4, 0.5) is 0 Å². The topological polar surface area (TPSA) is 140 Å². The van der Waals surface area contributed by atoms with E-state index in [2.05, 4.69) is 0 Å². The molecule has 7 N–H and O–H groups in total. The predicted octanol–water partition coefficient (Wildman–Crippen LogP) is -5.97. The first-order valence-corrected chi connectivity index (χ1v) is 4.62. The van der Waals surface area contributed by atoms with Crippen molar-refractivity contribution in [3.05, 3.63) is 0 Å². The van der Waals surface area contributed by atoms with Gasteiger partial charge in [0.15, 0.2) is 0 Å². The van der Waals surface area contributed by atoms with E-state index in [0.717, 1.165) is 0 Å². The van der Waals surface area contributed by atoms with Crippen molar-refractivity contribution < 1.29 is 55.5 Å². The molecule has 0 aromatic carbocycles. The molecule has 0 radical (unpaired) electrons. The van der Waals surface area contributed by atoms with E-state index < -0.39 is 0 Å². The SMILES string of the molecule is NCCO.OCCN(CCO)CCO.[Na+].[OH-]. The summed E-state index contributed by atoms with van der Waals surface area (Å²) in [6, 6.07) is 0. The summed E-state index contributed by atoms with van der Waals surface area (Å²) in [5.41, 5.74) is 4.78. The summed E-state index contributed by atoms with van der Waals surface area (Å²) < 4.78 is 0. The third-order valence-corrected chi connectivity index (χ3v) is 1.38. The number of hydrogen-bond acceptors (Lipinski definition) is 7. The van der Waals surface area contributed by atoms with E-state index >= 15 is 0 Å². The summed E-state index contributed by atoms with van der Waals surface area (Å²) >= 11 is 0. The fourth-order valence-electron chi connectivity index (χ4n) is 0.760. The molecule has 0 unspecified atom stereocenters. The summed E-state index contributed by atoms with van der Waals surface area (Å²) in [4.78, 5) is 1.79. The first-order valence-electron chi connectivity index (χ1n) is 4.62. The van der Waals surface area contributed by atoms with Crippen LogP contribution in [0, 0.1) is 0 Å². The van der Waals surface area contributed by atoms with Crippen LogP contribution in [0.2, 0.25) is 0 Å². The molecular weight excluding hydrogens is 227 g/mol. The Kier molecular flexibility index (Phi) is 39.6. The van der Waals surface area contributed by atoms with Crippen molar-refractivity contribution in [3.8, 4) is 0 Å². The van der Waals surface area contributed by atoms with Gasteiger partial charge in [0.1, 0.15) is 0 Å². The van der Waals surface area contributed by atoms with Crippen molar-refractivity contribution in [3.63, 3.8) is 0 Å². The second kappa shape index (κ2) is 24.8. The van der Waals surface area contributed by atoms with Crippen molar-refractivity contribution in [1.29, 1.82) is 0 Å². The van der Waals surface area contributed by atoms with Gasteiger partial charge in [-0.05, 0) is 0 Å². The molecule has 0 spiro atoms. The zero-order valence-electron chi connectivity index (χ0n) is 9.92. The number of nitrogens with zero attached hydrogens (tertiary/aromatic N) is 1. The van der Waals surface area contributed by atoms with Gasteiger partial charge in [-0.3, -0.25) is 4.90 Å². The monoisotopic (exact) mass is 250 g/mol. The average Bonchev–Trinajstić information content (AvgIpc) is 2.20. The third kappa shape index (κ3) is 24.1. The molecule has 0 aliphatic heterocycles. The Hall–Kier alpha value is 0.720. The van der Waals surface area contributed by atoms with Gasteiger partial charge in [0.2, 0.25) is 0 Å². The molecule has 16 heavy (non-hydrogen) atoms. The van der Waals surface area contributed by atoms with Crippen LogP contribution >= 0.6 is 0 Å². The zero-order chi connectivity index (χ0) is 11.2. The molecule has 0 heterocycles. The smallest absolute Gasteiger partial charge is 0.870 e. The van der Waals surface area contributed by atoms with Gasteiger partial charge in [0.25, 0.3) is 0 Å². The molecule has 0 atom stereocenters. The molecule has 0 saturated carbocycles. The van der Waals surface area contributed by atoms with Gasteiger partial charge in [-0.2, -0.15) is 0 Å². The summed E-state index contributed by atoms with van der Waals surface area (Å²) in [6.07, 6.45) is 0. The fraction of sp³-hybridized carbons (Fsp3) is 1.00. The van der Waals surface area contributed by atoms with Crippen LogP contribution in [-0.4, -0.2) is 83.4 Å². The maximum Gasteiger partial charge on any atom is 1.00 e. The van der Waals surface area contributed by atoms with Crippen LogP contribution < -0.4 is 35.3 Å². The first-order chi connectivity index (χ1) is 6.76. The van der Waals surface area contributed by atoms with Crippen molar-refractivity contribution >= 4 is 0 Å². The molecule has 0 amide bonds. The molecule has 0 bridgehead atoms. The maximum absolute atomic E-state index is 8.48. The van der Waals surface area contributed by atoms with Crippen LogP contribution in [0.1, 0.15) is 0 Å². The Balaban J connectivity index is -0.000000105. The first kappa shape index (κ1) is 25.5. The van der Waals surface area contributed by atoms with Crippen LogP contribution in [-0.2, 0) is 0 Å². The van der Waals surface area contributed by atoms with Crippen molar-refractivity contribution in [1.82, 2.24) is 4.90 Å². The number of hydrogen-bond donors (Lipinski definition) is 5. The van der Waals surface area contributed by atoms with Crippen LogP contribution in [0.15, 0.2) is 0 Å². The minimum atomic E-state index is 0. The number of nitrogens with two attached hydrogens (primary N) is 1. The molecule has 0 aliphatic carbocycles. The molecule has 0 aliphatic rings. The van der Waals surface area contributed by atoms with Crippen molar-refractivity contribution in [2.24, 2.45) is 5.73 Å². The second-order valence-corrected chi connectivity index (χ2v) is 2.52. The van der Waals surface area contributed by atoms with E-state index in [0.29, 0.717) is 26.2 Å². The van der Waals surface area contributed by atoms with Gasteiger partial charge in [0.05, 0.1) is 26.4 Å². The van der Waals surface area contributed by atoms with Crippen LogP contribution in [0.25, 0.3) is 0 Å². The van der Waals surface area contributed by atoms with E-state index in [-0.39, 0.29) is 61.5 Å². The average molecular weight is 250 g/mol. The second-order valence-electron chi connectivity index (χ2n) is 2.52. The summed E-state index contributed by atoms with van der Waals surface area (Å²) in [5.74, 6) is 0. The standard InChI is InChI=1S/C6H15NO3.C2H7NO.Na.H2O/c8-4-1-7(2-5-9)3-6-10;3-1-2-4;;/h8-10H,1-6H2;4H,1-3H2;;1H2/q;;+1;/p-1. The van der Waals surface area contributed by atoms with Gasteiger partial charge in [-0.1, -0.05) is 0 Å². The Labute approximate surface area is 118 Å². The van der Waals surface area contributed by atoms with E-state index in [1.165, 1.54) is 0 Å². The zero-order valence-corrected chi connectivity index (χ0v) is 11.9. The van der Waals surface area contributed by atoms with Gasteiger partial charge in [0, 0.05) is 26.2 Å². The van der Waals surface area contributed by atoms with Crippen LogP contribution in [0.3, 0.4) is 0 Å². The Morgan fingerprint density at radius 3 is 1.12 bits per heavy atom. The van der Waals surface area contributed by atoms with Gasteiger partial charge in [-0.25, -0.2) is 0 Å². The molecule has 0 fully saturated rings. The molecule has 0 aromatic rings. The molecule has 7 nitrogen and oxygen atoms in total. The largest absolute Gasteiger partial charge is 1.00 e. The molecule has 0 saturated heterocycles. The van der Waals surface area contributed by atoms with E-state index in [1.54, 1.807) is 4.90 Å². The Bertz CT molecular complexity index is 86.2. The molecule has 96 valence electrons. The quantitative estimate of drug-likeness (QED) is 0.283. The van der Waals surface area contributed by atoms with Crippen LogP contribution in [0.5, 0.6) is 0 Å². The van der Waals surface area contributed by atoms with E-state index in [9.17, 15) is 0 Å². The normalized spacial score (nSPS) is 8.62. The number of rotatable bonds is 7. The minimum Gasteiger partial charge on any atom is -0.870 e. The minimum absolute atomic E-state index is 0. The number of aliphatic hydroxyl groups is 4. The molecule has 0 aromatic heterocycles. The van der Waals surface area contributed by atoms with Gasteiger partial charge in [-0.15, -0.1) is 0 Å². The summed E-state index contributed by atoms with van der Waals surface area (Å²) in [6.45, 7) is 2.23. The Morgan fingerprint density at radius 1 is 0.750 bits per heavy atom. The van der Waals surface area contributed by atoms with E-state index in [4.69, 9.17) is 26.2 Å². The predicted molar refractivity (Wildman–Crippen MR) is 55.8 cm³/mol. The third-order valence-electron chi connectivity index (χ3n) is 1.38. The maximum atomic E-state index is 8.48. The number of aliphatic hydroxyl groups excluding tert-OH is 4.